The molecule has 9 nitrogen and oxygen atoms in total. The molecular weight excluding hydrogens is 532 g/mol. The maximum atomic E-state index is 14.8. The van der Waals surface area contributed by atoms with Crippen molar-refractivity contribution in [1.82, 2.24) is 24.6 Å². The Morgan fingerprint density at radius 3 is 2.63 bits per heavy atom. The van der Waals surface area contributed by atoms with Gasteiger partial charge >= 0.3 is 6.03 Å². The standard InChI is InChI=1S/C26H26Cl2FN7O2/c1-3-35(4-2)11-12-36-16-31-34-25(36)23-15-19(9-10-30-23)38-24-8-6-18(14-21(24)29)32-26(37)33-22-7-5-17(27)13-20(22)28/h5-10,13-16H,3-4,11-12H2,1-2H3,(H2,32,33,37). The summed E-state index contributed by atoms with van der Waals surface area (Å²) in [6, 6.07) is 11.5. The molecule has 38 heavy (non-hydrogen) atoms. The predicted molar refractivity (Wildman–Crippen MR) is 147 cm³/mol. The van der Waals surface area contributed by atoms with E-state index in [0.29, 0.717) is 34.5 Å². The number of likely N-dealkylation sites (N-methyl/N-ethyl adjacent to an activating group) is 1. The number of carbonyl (C=O) groups excluding carboxylic acids is 1. The number of aromatic nitrogens is 4. The SMILES string of the molecule is CCN(CC)CCn1cnnc1-c1cc(Oc2ccc(NC(=O)Nc3ccc(Cl)cc3Cl)cc2F)ccn1. The highest BCUT2D eigenvalue weighted by molar-refractivity contribution is 6.36. The number of ether oxygens (including phenoxy) is 1. The minimum absolute atomic E-state index is 0.0168. The van der Waals surface area contributed by atoms with Crippen LogP contribution in [-0.2, 0) is 6.54 Å². The highest BCUT2D eigenvalue weighted by Crippen LogP contribution is 2.29. The molecule has 0 aliphatic carbocycles. The summed E-state index contributed by atoms with van der Waals surface area (Å²) in [5, 5.41) is 14.1. The average Bonchev–Trinajstić information content (AvgIpc) is 3.37. The van der Waals surface area contributed by atoms with Crippen LogP contribution in [-0.4, -0.2) is 50.3 Å². The second kappa shape index (κ2) is 12.7. The van der Waals surface area contributed by atoms with Crippen LogP contribution in [0.1, 0.15) is 13.8 Å². The van der Waals surface area contributed by atoms with Gasteiger partial charge in [-0.25, -0.2) is 9.18 Å². The lowest BCUT2D eigenvalue weighted by molar-refractivity contribution is 0.262. The van der Waals surface area contributed by atoms with Crippen LogP contribution < -0.4 is 15.4 Å². The van der Waals surface area contributed by atoms with Gasteiger partial charge in [-0.1, -0.05) is 37.0 Å². The van der Waals surface area contributed by atoms with Crippen LogP contribution in [0.25, 0.3) is 11.5 Å². The molecule has 0 saturated carbocycles. The van der Waals surface area contributed by atoms with E-state index >= 15 is 0 Å². The lowest BCUT2D eigenvalue weighted by Crippen LogP contribution is -2.27. The summed E-state index contributed by atoms with van der Waals surface area (Å²) in [6.07, 6.45) is 3.23. The summed E-state index contributed by atoms with van der Waals surface area (Å²) < 4.78 is 22.5. The highest BCUT2D eigenvalue weighted by Gasteiger charge is 2.14. The summed E-state index contributed by atoms with van der Waals surface area (Å²) in [5.74, 6) is 0.294. The van der Waals surface area contributed by atoms with Crippen molar-refractivity contribution in [2.24, 2.45) is 0 Å². The molecule has 0 unspecified atom stereocenters. The first-order valence-corrected chi connectivity index (χ1v) is 12.7. The minimum atomic E-state index is -0.659. The van der Waals surface area contributed by atoms with Crippen LogP contribution in [0.5, 0.6) is 11.5 Å². The van der Waals surface area contributed by atoms with Gasteiger partial charge in [-0.15, -0.1) is 10.2 Å². The van der Waals surface area contributed by atoms with Crippen LogP contribution in [0.2, 0.25) is 10.0 Å². The first-order valence-electron chi connectivity index (χ1n) is 11.9. The Morgan fingerprint density at radius 2 is 1.89 bits per heavy atom. The number of halogens is 3. The number of rotatable bonds is 10. The molecular formula is C26H26Cl2FN7O2. The molecule has 4 rings (SSSR count). The number of benzene rings is 2. The van der Waals surface area contributed by atoms with E-state index < -0.39 is 11.8 Å². The van der Waals surface area contributed by atoms with Gasteiger partial charge in [0.25, 0.3) is 0 Å². The third-order valence-corrected chi connectivity index (χ3v) is 6.27. The lowest BCUT2D eigenvalue weighted by atomic mass is 10.2. The number of hydrogen-bond donors (Lipinski definition) is 2. The molecule has 0 aliphatic rings. The molecule has 0 spiro atoms. The monoisotopic (exact) mass is 557 g/mol. The van der Waals surface area contributed by atoms with Crippen molar-refractivity contribution in [2.75, 3.05) is 30.3 Å². The van der Waals surface area contributed by atoms with Gasteiger partial charge in [0.05, 0.1) is 10.7 Å². The number of carbonyl (C=O) groups is 1. The largest absolute Gasteiger partial charge is 0.454 e. The van der Waals surface area contributed by atoms with Crippen molar-refractivity contribution in [1.29, 1.82) is 0 Å². The Labute approximate surface area is 229 Å². The van der Waals surface area contributed by atoms with Gasteiger partial charge in [0, 0.05) is 42.1 Å². The summed E-state index contributed by atoms with van der Waals surface area (Å²) in [7, 11) is 0. The van der Waals surface area contributed by atoms with E-state index in [1.165, 1.54) is 18.2 Å². The fourth-order valence-electron chi connectivity index (χ4n) is 3.67. The van der Waals surface area contributed by atoms with E-state index in [9.17, 15) is 9.18 Å². The summed E-state index contributed by atoms with van der Waals surface area (Å²) in [6.45, 7) is 7.70. The van der Waals surface area contributed by atoms with Crippen molar-refractivity contribution in [3.8, 4) is 23.0 Å². The molecule has 4 aromatic rings. The lowest BCUT2D eigenvalue weighted by Gasteiger charge is -2.18. The molecule has 198 valence electrons. The molecule has 0 aliphatic heterocycles. The molecule has 2 aromatic heterocycles. The smallest absolute Gasteiger partial charge is 0.323 e. The molecule has 12 heteroatoms. The molecule has 0 radical (unpaired) electrons. The van der Waals surface area contributed by atoms with Gasteiger partial charge in [-0.2, -0.15) is 0 Å². The quantitative estimate of drug-likeness (QED) is 0.229. The Kier molecular flexibility index (Phi) is 9.11. The zero-order chi connectivity index (χ0) is 27.1. The maximum Gasteiger partial charge on any atom is 0.323 e. The van der Waals surface area contributed by atoms with Gasteiger partial charge in [0.1, 0.15) is 17.8 Å². The van der Waals surface area contributed by atoms with Gasteiger partial charge < -0.3 is 24.8 Å². The summed E-state index contributed by atoms with van der Waals surface area (Å²) in [4.78, 5) is 19.0. The van der Waals surface area contributed by atoms with Crippen LogP contribution in [0, 0.1) is 5.82 Å². The Balaban J connectivity index is 1.42. The van der Waals surface area contributed by atoms with Gasteiger partial charge in [0.2, 0.25) is 0 Å². The van der Waals surface area contributed by atoms with Crippen molar-refractivity contribution >= 4 is 40.6 Å². The van der Waals surface area contributed by atoms with E-state index in [1.54, 1.807) is 36.8 Å². The number of hydrogen-bond acceptors (Lipinski definition) is 6. The molecule has 2 amide bonds. The molecule has 2 N–H and O–H groups in total. The van der Waals surface area contributed by atoms with E-state index in [0.717, 1.165) is 25.7 Å². The molecule has 0 saturated heterocycles. The molecule has 0 fully saturated rings. The van der Waals surface area contributed by atoms with Gasteiger partial charge in [-0.05, 0) is 49.5 Å². The number of urea groups is 1. The molecule has 2 aromatic carbocycles. The van der Waals surface area contributed by atoms with Crippen molar-refractivity contribution in [2.45, 2.75) is 20.4 Å². The first kappa shape index (κ1) is 27.3. The number of pyridine rings is 1. The van der Waals surface area contributed by atoms with Crippen LogP contribution in [0.15, 0.2) is 61.1 Å². The predicted octanol–water partition coefficient (Wildman–Crippen LogP) is 6.56. The zero-order valence-electron chi connectivity index (χ0n) is 20.8. The van der Waals surface area contributed by atoms with Crippen molar-refractivity contribution in [3.63, 3.8) is 0 Å². The highest BCUT2D eigenvalue weighted by atomic mass is 35.5. The van der Waals surface area contributed by atoms with Crippen molar-refractivity contribution in [3.05, 3.63) is 76.9 Å². The van der Waals surface area contributed by atoms with E-state index in [1.807, 2.05) is 4.57 Å². The van der Waals surface area contributed by atoms with E-state index in [4.69, 9.17) is 27.9 Å². The average molecular weight is 558 g/mol. The van der Waals surface area contributed by atoms with Crippen LogP contribution in [0.3, 0.4) is 0 Å². The van der Waals surface area contributed by atoms with Crippen molar-refractivity contribution < 1.29 is 13.9 Å². The second-order valence-corrected chi connectivity index (χ2v) is 9.05. The Hall–Kier alpha value is -3.73. The fourth-order valence-corrected chi connectivity index (χ4v) is 4.12. The van der Waals surface area contributed by atoms with Gasteiger partial charge in [-0.3, -0.25) is 4.98 Å². The second-order valence-electron chi connectivity index (χ2n) is 8.20. The Bertz CT molecular complexity index is 1410. The Morgan fingerprint density at radius 1 is 1.08 bits per heavy atom. The van der Waals surface area contributed by atoms with Crippen LogP contribution >= 0.6 is 23.2 Å². The summed E-state index contributed by atoms with van der Waals surface area (Å²) >= 11 is 11.9. The van der Waals surface area contributed by atoms with Crippen LogP contribution in [0.4, 0.5) is 20.6 Å². The van der Waals surface area contributed by atoms with E-state index in [2.05, 4.69) is 44.6 Å². The number of nitrogens with zero attached hydrogens (tertiary/aromatic N) is 5. The molecule has 2 heterocycles. The first-order chi connectivity index (χ1) is 18.4. The summed E-state index contributed by atoms with van der Waals surface area (Å²) in [5.41, 5.74) is 1.15. The maximum absolute atomic E-state index is 14.8. The third kappa shape index (κ3) is 6.97. The molecule has 0 atom stereocenters. The number of anilines is 2. The number of nitrogens with one attached hydrogen (secondary N) is 2. The fraction of sp³-hybridized carbons (Fsp3) is 0.231. The normalized spacial score (nSPS) is 11.0. The third-order valence-electron chi connectivity index (χ3n) is 5.72. The molecule has 0 bridgehead atoms. The van der Waals surface area contributed by atoms with E-state index in [-0.39, 0.29) is 16.5 Å². The number of amides is 2. The van der Waals surface area contributed by atoms with Gasteiger partial charge in [0.15, 0.2) is 17.4 Å². The zero-order valence-corrected chi connectivity index (χ0v) is 22.3. The topological polar surface area (TPSA) is 97.2 Å². The minimum Gasteiger partial charge on any atom is -0.454 e.